The van der Waals surface area contributed by atoms with Gasteiger partial charge in [0.1, 0.15) is 6.07 Å². The molecule has 1 aromatic carbocycles. The Morgan fingerprint density at radius 3 is 2.79 bits per heavy atom. The van der Waals surface area contributed by atoms with E-state index in [0.717, 1.165) is 5.69 Å². The maximum Gasteiger partial charge on any atom is 0.101 e. The highest BCUT2D eigenvalue weighted by Gasteiger charge is 2.08. The first kappa shape index (κ1) is 10.4. The highest BCUT2D eigenvalue weighted by molar-refractivity contribution is 5.63. The van der Waals surface area contributed by atoms with Crippen molar-refractivity contribution in [2.45, 2.75) is 6.92 Å². The summed E-state index contributed by atoms with van der Waals surface area (Å²) >= 11 is 0. The van der Waals surface area contributed by atoms with Gasteiger partial charge < -0.3 is 5.73 Å². The van der Waals surface area contributed by atoms with E-state index in [0.29, 0.717) is 17.8 Å². The van der Waals surface area contributed by atoms with Crippen LogP contribution in [-0.2, 0) is 4.84 Å². The van der Waals surface area contributed by atoms with Gasteiger partial charge in [-0.15, -0.1) is 0 Å². The molecule has 0 atom stereocenters. The zero-order valence-corrected chi connectivity index (χ0v) is 8.32. The molecule has 2 N–H and O–H groups in total. The van der Waals surface area contributed by atoms with Crippen LogP contribution in [0, 0.1) is 11.3 Å². The molecule has 1 aromatic rings. The van der Waals surface area contributed by atoms with Crippen molar-refractivity contribution >= 4 is 11.4 Å². The Labute approximate surface area is 83.5 Å². The molecule has 4 heteroatoms. The maximum atomic E-state index is 8.90. The second-order valence-corrected chi connectivity index (χ2v) is 2.77. The Hall–Kier alpha value is -1.73. The molecule has 0 fully saturated rings. The van der Waals surface area contributed by atoms with Gasteiger partial charge in [0.2, 0.25) is 0 Å². The van der Waals surface area contributed by atoms with E-state index < -0.39 is 0 Å². The van der Waals surface area contributed by atoms with Crippen LogP contribution < -0.4 is 10.8 Å². The Balaban J connectivity index is 3.14. The van der Waals surface area contributed by atoms with Crippen molar-refractivity contribution in [2.24, 2.45) is 0 Å². The Morgan fingerprint density at radius 2 is 2.29 bits per heavy atom. The first-order chi connectivity index (χ1) is 6.72. The van der Waals surface area contributed by atoms with E-state index in [-0.39, 0.29) is 0 Å². The largest absolute Gasteiger partial charge is 0.399 e. The summed E-state index contributed by atoms with van der Waals surface area (Å²) < 4.78 is 0. The topological polar surface area (TPSA) is 62.3 Å². The van der Waals surface area contributed by atoms with Crippen molar-refractivity contribution in [1.29, 1.82) is 5.26 Å². The van der Waals surface area contributed by atoms with E-state index >= 15 is 0 Å². The van der Waals surface area contributed by atoms with Crippen LogP contribution in [0.2, 0.25) is 0 Å². The molecule has 14 heavy (non-hydrogen) atoms. The molecule has 0 aliphatic carbocycles. The number of nitriles is 1. The zero-order chi connectivity index (χ0) is 10.6. The smallest absolute Gasteiger partial charge is 0.101 e. The second kappa shape index (κ2) is 4.49. The van der Waals surface area contributed by atoms with Gasteiger partial charge in [0.25, 0.3) is 0 Å². The predicted octanol–water partition coefficient (Wildman–Crippen LogP) is 1.53. The van der Waals surface area contributed by atoms with Gasteiger partial charge in [0, 0.05) is 12.2 Å². The Bertz CT molecular complexity index is 353. The number of nitrogen functional groups attached to an aromatic ring is 1. The number of benzene rings is 1. The van der Waals surface area contributed by atoms with E-state index in [1.165, 1.54) is 0 Å². The van der Waals surface area contributed by atoms with E-state index in [2.05, 4.69) is 6.07 Å². The van der Waals surface area contributed by atoms with E-state index in [9.17, 15) is 0 Å². The van der Waals surface area contributed by atoms with E-state index in [1.807, 2.05) is 6.92 Å². The highest BCUT2D eigenvalue weighted by atomic mass is 16.7. The minimum absolute atomic E-state index is 0.522. The first-order valence-electron chi connectivity index (χ1n) is 4.34. The third-order valence-corrected chi connectivity index (χ3v) is 1.92. The number of nitrogens with two attached hydrogens (primary N) is 1. The second-order valence-electron chi connectivity index (χ2n) is 2.77. The van der Waals surface area contributed by atoms with Gasteiger partial charge in [-0.3, -0.25) is 9.90 Å². The lowest BCUT2D eigenvalue weighted by Crippen LogP contribution is -2.21. The normalized spacial score (nSPS) is 9.50. The summed E-state index contributed by atoms with van der Waals surface area (Å²) in [4.78, 5) is 5.11. The minimum Gasteiger partial charge on any atom is -0.399 e. The minimum atomic E-state index is 0.522. The lowest BCUT2D eigenvalue weighted by atomic mass is 10.1. The quantitative estimate of drug-likeness (QED) is 0.581. The molecule has 0 heterocycles. The van der Waals surface area contributed by atoms with Crippen LogP contribution in [0.25, 0.3) is 0 Å². The molecule has 0 spiro atoms. The third-order valence-electron chi connectivity index (χ3n) is 1.92. The van der Waals surface area contributed by atoms with Crippen molar-refractivity contribution in [3.05, 3.63) is 23.8 Å². The summed E-state index contributed by atoms with van der Waals surface area (Å²) in [6.07, 6.45) is 0. The summed E-state index contributed by atoms with van der Waals surface area (Å²) in [5, 5.41) is 10.5. The summed E-state index contributed by atoms with van der Waals surface area (Å²) in [6, 6.07) is 7.25. The molecule has 0 saturated carbocycles. The maximum absolute atomic E-state index is 8.90. The van der Waals surface area contributed by atoms with Gasteiger partial charge in [0.15, 0.2) is 0 Å². The molecule has 0 unspecified atom stereocenters. The van der Waals surface area contributed by atoms with Crippen LogP contribution >= 0.6 is 0 Å². The summed E-state index contributed by atoms with van der Waals surface area (Å²) in [5.41, 5.74) is 7.42. The Morgan fingerprint density at radius 1 is 1.57 bits per heavy atom. The van der Waals surface area contributed by atoms with Crippen molar-refractivity contribution in [1.82, 2.24) is 0 Å². The first-order valence-corrected chi connectivity index (χ1v) is 4.34. The summed E-state index contributed by atoms with van der Waals surface area (Å²) in [7, 11) is 1.57. The molecular formula is C10H13N3O. The fourth-order valence-electron chi connectivity index (χ4n) is 1.26. The monoisotopic (exact) mass is 191 g/mol. The number of hydrogen-bond donors (Lipinski definition) is 1. The lowest BCUT2D eigenvalue weighted by Gasteiger charge is -2.20. The molecule has 74 valence electrons. The lowest BCUT2D eigenvalue weighted by molar-refractivity contribution is 0.170. The van der Waals surface area contributed by atoms with Crippen LogP contribution in [0.15, 0.2) is 18.2 Å². The van der Waals surface area contributed by atoms with Crippen LogP contribution in [0.3, 0.4) is 0 Å². The molecular weight excluding hydrogens is 178 g/mol. The van der Waals surface area contributed by atoms with E-state index in [4.69, 9.17) is 15.8 Å². The third kappa shape index (κ3) is 1.95. The van der Waals surface area contributed by atoms with Crippen molar-refractivity contribution in [3.8, 4) is 6.07 Å². The number of hydrogen-bond acceptors (Lipinski definition) is 4. The SMILES string of the molecule is CCN(OC)c1ccc(N)cc1C#N. The average molecular weight is 191 g/mol. The molecule has 0 aliphatic heterocycles. The van der Waals surface area contributed by atoms with Crippen LogP contribution in [0.4, 0.5) is 11.4 Å². The number of rotatable bonds is 3. The fraction of sp³-hybridized carbons (Fsp3) is 0.300. The molecule has 0 radical (unpaired) electrons. The molecule has 0 aromatic heterocycles. The van der Waals surface area contributed by atoms with Gasteiger partial charge in [-0.25, -0.2) is 0 Å². The van der Waals surface area contributed by atoms with Gasteiger partial charge in [0.05, 0.1) is 18.4 Å². The molecule has 4 nitrogen and oxygen atoms in total. The molecule has 0 amide bonds. The fourth-order valence-corrected chi connectivity index (χ4v) is 1.26. The van der Waals surface area contributed by atoms with Gasteiger partial charge in [-0.05, 0) is 25.1 Å². The van der Waals surface area contributed by atoms with Gasteiger partial charge >= 0.3 is 0 Å². The van der Waals surface area contributed by atoms with Crippen LogP contribution in [-0.4, -0.2) is 13.7 Å². The molecule has 1 rings (SSSR count). The van der Waals surface area contributed by atoms with Crippen LogP contribution in [0.5, 0.6) is 0 Å². The zero-order valence-electron chi connectivity index (χ0n) is 8.32. The molecule has 0 aliphatic rings. The van der Waals surface area contributed by atoms with Crippen molar-refractivity contribution in [2.75, 3.05) is 24.5 Å². The Kier molecular flexibility index (Phi) is 3.32. The van der Waals surface area contributed by atoms with Gasteiger partial charge in [-0.1, -0.05) is 0 Å². The number of hydroxylamine groups is 1. The summed E-state index contributed by atoms with van der Waals surface area (Å²) in [6.45, 7) is 2.62. The molecule has 0 bridgehead atoms. The predicted molar refractivity (Wildman–Crippen MR) is 55.6 cm³/mol. The summed E-state index contributed by atoms with van der Waals surface area (Å²) in [5.74, 6) is 0. The standard InChI is InChI=1S/C10H13N3O/c1-3-13(14-2)10-5-4-9(12)6-8(10)7-11/h4-6H,3,12H2,1-2H3. The number of anilines is 2. The van der Waals surface area contributed by atoms with Crippen molar-refractivity contribution < 1.29 is 4.84 Å². The average Bonchev–Trinajstić information content (AvgIpc) is 2.21. The molecule has 0 saturated heterocycles. The number of nitrogens with zero attached hydrogens (tertiary/aromatic N) is 2. The highest BCUT2D eigenvalue weighted by Crippen LogP contribution is 2.22. The van der Waals surface area contributed by atoms with E-state index in [1.54, 1.807) is 30.4 Å². The van der Waals surface area contributed by atoms with Gasteiger partial charge in [-0.2, -0.15) is 5.26 Å². The van der Waals surface area contributed by atoms with Crippen LogP contribution in [0.1, 0.15) is 12.5 Å². The van der Waals surface area contributed by atoms with Crippen molar-refractivity contribution in [3.63, 3.8) is 0 Å².